The van der Waals surface area contributed by atoms with E-state index in [1.54, 1.807) is 0 Å². The predicted octanol–water partition coefficient (Wildman–Crippen LogP) is 4.94. The molecule has 5 rings (SSSR count). The van der Waals surface area contributed by atoms with Gasteiger partial charge in [-0.25, -0.2) is 13.5 Å². The number of hydrogen-bond donors (Lipinski definition) is 0. The van der Waals surface area contributed by atoms with Crippen LogP contribution in [0.1, 0.15) is 66.3 Å². The molecule has 2 aliphatic heterocycles. The van der Waals surface area contributed by atoms with Crippen molar-refractivity contribution in [1.82, 2.24) is 9.78 Å². The molecule has 3 unspecified atom stereocenters. The molecule has 2 fully saturated rings. The quantitative estimate of drug-likeness (QED) is 0.325. The second kappa shape index (κ2) is 10.0. The van der Waals surface area contributed by atoms with Crippen LogP contribution in [0.15, 0.2) is 11.2 Å². The number of aromatic nitrogens is 2. The number of azide groups is 1. The van der Waals surface area contributed by atoms with Crippen LogP contribution in [0.3, 0.4) is 0 Å². The smallest absolute Gasteiger partial charge is 0.171 e. The van der Waals surface area contributed by atoms with Crippen molar-refractivity contribution in [2.24, 2.45) is 5.11 Å². The Balaban J connectivity index is 1.57. The fourth-order valence-electron chi connectivity index (χ4n) is 5.61. The van der Waals surface area contributed by atoms with Crippen LogP contribution in [0.2, 0.25) is 0 Å². The van der Waals surface area contributed by atoms with Crippen molar-refractivity contribution < 1.29 is 27.7 Å². The summed E-state index contributed by atoms with van der Waals surface area (Å²) in [6.45, 7) is 1.40. The lowest BCUT2D eigenvalue weighted by Gasteiger charge is -2.29. The Morgan fingerprint density at radius 2 is 1.91 bits per heavy atom. The largest absolute Gasteiger partial charge is 0.494 e. The highest BCUT2D eigenvalue weighted by Gasteiger charge is 2.39. The van der Waals surface area contributed by atoms with E-state index in [1.807, 2.05) is 4.68 Å². The van der Waals surface area contributed by atoms with Gasteiger partial charge >= 0.3 is 0 Å². The molecule has 11 heteroatoms. The standard InChI is InChI=1S/C24H29F2N5O4/c1-32-18-10-19(33-2)23(26)21(22(18)25)13-6-7-14-17(9-13)31(20-5-3-4-8-35-20)29-24(14)15-11-34-12-16(15)28-30-27/h10,13,15-16,20H,3-9,11-12H2,1-2H3/t13-,15?,16?,20?/m0/s1. The molecule has 0 N–H and O–H groups in total. The Morgan fingerprint density at radius 3 is 2.57 bits per heavy atom. The molecule has 1 aromatic carbocycles. The molecule has 2 aromatic rings. The van der Waals surface area contributed by atoms with Gasteiger partial charge in [0.15, 0.2) is 23.1 Å². The van der Waals surface area contributed by atoms with Crippen LogP contribution in [-0.4, -0.2) is 49.9 Å². The highest BCUT2D eigenvalue weighted by Crippen LogP contribution is 2.44. The zero-order valence-electron chi connectivity index (χ0n) is 19.9. The summed E-state index contributed by atoms with van der Waals surface area (Å²) in [5, 5.41) is 8.89. The van der Waals surface area contributed by atoms with E-state index >= 15 is 8.78 Å². The van der Waals surface area contributed by atoms with Crippen LogP contribution in [-0.2, 0) is 22.3 Å². The van der Waals surface area contributed by atoms with Gasteiger partial charge in [-0.3, -0.25) is 0 Å². The lowest BCUT2D eigenvalue weighted by molar-refractivity contribution is -0.0416. The summed E-state index contributed by atoms with van der Waals surface area (Å²) in [6.07, 6.45) is 4.09. The average molecular weight is 490 g/mol. The van der Waals surface area contributed by atoms with Crippen molar-refractivity contribution in [2.45, 2.75) is 62.6 Å². The maximum Gasteiger partial charge on any atom is 0.171 e. The first-order chi connectivity index (χ1) is 17.1. The topological polar surface area (TPSA) is 104 Å². The van der Waals surface area contributed by atoms with Crippen LogP contribution in [0.4, 0.5) is 8.78 Å². The molecule has 0 spiro atoms. The first-order valence-corrected chi connectivity index (χ1v) is 12.0. The van der Waals surface area contributed by atoms with Gasteiger partial charge in [-0.15, -0.1) is 0 Å². The highest BCUT2D eigenvalue weighted by molar-refractivity contribution is 5.45. The van der Waals surface area contributed by atoms with Crippen LogP contribution >= 0.6 is 0 Å². The van der Waals surface area contributed by atoms with E-state index in [1.165, 1.54) is 20.3 Å². The number of rotatable bonds is 6. The monoisotopic (exact) mass is 489 g/mol. The Kier molecular flexibility index (Phi) is 6.82. The van der Waals surface area contributed by atoms with E-state index in [0.29, 0.717) is 39.1 Å². The minimum absolute atomic E-state index is 0.0260. The van der Waals surface area contributed by atoms with Gasteiger partial charge in [0.2, 0.25) is 0 Å². The number of halogens is 2. The summed E-state index contributed by atoms with van der Waals surface area (Å²) in [4.78, 5) is 2.98. The normalized spacial score (nSPS) is 26.2. The molecule has 0 radical (unpaired) electrons. The minimum atomic E-state index is -0.702. The van der Waals surface area contributed by atoms with Crippen molar-refractivity contribution in [3.05, 3.63) is 50.7 Å². The number of nitrogens with zero attached hydrogens (tertiary/aromatic N) is 5. The molecule has 1 aliphatic carbocycles. The van der Waals surface area contributed by atoms with Gasteiger partial charge in [0.25, 0.3) is 0 Å². The minimum Gasteiger partial charge on any atom is -0.494 e. The van der Waals surface area contributed by atoms with Crippen LogP contribution in [0.25, 0.3) is 10.4 Å². The van der Waals surface area contributed by atoms with Crippen molar-refractivity contribution in [2.75, 3.05) is 34.0 Å². The zero-order valence-corrected chi connectivity index (χ0v) is 19.9. The second-order valence-electron chi connectivity index (χ2n) is 9.25. The third kappa shape index (κ3) is 4.22. The molecular weight excluding hydrogens is 460 g/mol. The molecule has 188 valence electrons. The van der Waals surface area contributed by atoms with E-state index in [0.717, 1.165) is 36.2 Å². The Hall–Kier alpha value is -2.88. The van der Waals surface area contributed by atoms with Gasteiger partial charge in [-0.05, 0) is 55.5 Å². The first kappa shape index (κ1) is 23.8. The summed E-state index contributed by atoms with van der Waals surface area (Å²) in [5.41, 5.74) is 11.8. The molecule has 2 saturated heterocycles. The Bertz CT molecular complexity index is 1120. The van der Waals surface area contributed by atoms with Crippen molar-refractivity contribution in [1.29, 1.82) is 0 Å². The van der Waals surface area contributed by atoms with Gasteiger partial charge in [0.05, 0.1) is 39.2 Å². The third-order valence-corrected chi connectivity index (χ3v) is 7.38. The van der Waals surface area contributed by atoms with Gasteiger partial charge in [0.1, 0.15) is 6.23 Å². The number of methoxy groups -OCH3 is 2. The molecular formula is C24H29F2N5O4. The second-order valence-corrected chi connectivity index (χ2v) is 9.25. The molecule has 0 bridgehead atoms. The molecule has 0 saturated carbocycles. The fourth-order valence-corrected chi connectivity index (χ4v) is 5.61. The lowest BCUT2D eigenvalue weighted by atomic mass is 9.80. The van der Waals surface area contributed by atoms with E-state index in [9.17, 15) is 0 Å². The van der Waals surface area contributed by atoms with Crippen LogP contribution in [0.5, 0.6) is 11.5 Å². The van der Waals surface area contributed by atoms with Crippen LogP contribution in [0, 0.1) is 11.6 Å². The summed E-state index contributed by atoms with van der Waals surface area (Å²) >= 11 is 0. The summed E-state index contributed by atoms with van der Waals surface area (Å²) in [5.74, 6) is -2.08. The number of benzene rings is 1. The summed E-state index contributed by atoms with van der Waals surface area (Å²) in [7, 11) is 2.70. The summed E-state index contributed by atoms with van der Waals surface area (Å²) in [6, 6.07) is 0.895. The van der Waals surface area contributed by atoms with Gasteiger partial charge in [-0.2, -0.15) is 5.10 Å². The summed E-state index contributed by atoms with van der Waals surface area (Å²) < 4.78 is 54.5. The maximum absolute atomic E-state index is 15.3. The highest BCUT2D eigenvalue weighted by atomic mass is 19.1. The maximum atomic E-state index is 15.3. The van der Waals surface area contributed by atoms with Crippen LogP contribution < -0.4 is 9.47 Å². The van der Waals surface area contributed by atoms with E-state index < -0.39 is 17.6 Å². The number of ether oxygens (including phenoxy) is 4. The Labute approximate surface area is 201 Å². The fraction of sp³-hybridized carbons (Fsp3) is 0.625. The zero-order chi connectivity index (χ0) is 24.5. The SMILES string of the molecule is COc1cc(OC)c(F)c([C@H]2CCc3c(C4COCC4N=[N+]=[N-])nn(C4CCCCO4)c3C2)c1F. The van der Waals surface area contributed by atoms with Crippen molar-refractivity contribution in [3.63, 3.8) is 0 Å². The van der Waals surface area contributed by atoms with Gasteiger partial charge < -0.3 is 18.9 Å². The third-order valence-electron chi connectivity index (χ3n) is 7.38. The molecule has 4 atom stereocenters. The molecule has 3 heterocycles. The Morgan fingerprint density at radius 1 is 1.14 bits per heavy atom. The molecule has 9 nitrogen and oxygen atoms in total. The van der Waals surface area contributed by atoms with Gasteiger partial charge in [-0.1, -0.05) is 5.11 Å². The number of hydrogen-bond acceptors (Lipinski definition) is 6. The van der Waals surface area contributed by atoms with E-state index in [4.69, 9.17) is 29.6 Å². The lowest BCUT2D eigenvalue weighted by Crippen LogP contribution is -2.24. The molecule has 3 aliphatic rings. The first-order valence-electron chi connectivity index (χ1n) is 12.0. The van der Waals surface area contributed by atoms with Crippen molar-refractivity contribution in [3.8, 4) is 11.5 Å². The average Bonchev–Trinajstić information content (AvgIpc) is 3.49. The molecule has 35 heavy (non-hydrogen) atoms. The predicted molar refractivity (Wildman–Crippen MR) is 122 cm³/mol. The van der Waals surface area contributed by atoms with E-state index in [-0.39, 0.29) is 35.3 Å². The van der Waals surface area contributed by atoms with E-state index in [2.05, 4.69) is 10.0 Å². The van der Waals surface area contributed by atoms with Gasteiger partial charge in [0, 0.05) is 34.8 Å². The molecule has 0 amide bonds. The van der Waals surface area contributed by atoms with Crippen molar-refractivity contribution >= 4 is 0 Å². The molecule has 1 aromatic heterocycles. The number of fused-ring (bicyclic) bond motifs is 1.